The van der Waals surface area contributed by atoms with Gasteiger partial charge in [0.15, 0.2) is 0 Å². The van der Waals surface area contributed by atoms with E-state index in [1.807, 2.05) is 6.07 Å². The first-order valence-electron chi connectivity index (χ1n) is 4.56. The number of phenolic OH excluding ortho intramolecular Hbond substituents is 1. The molecule has 0 spiro atoms. The van der Waals surface area contributed by atoms with Crippen molar-refractivity contribution >= 4 is 5.78 Å². The van der Waals surface area contributed by atoms with Gasteiger partial charge in [0.2, 0.25) is 0 Å². The van der Waals surface area contributed by atoms with Crippen molar-refractivity contribution in [1.29, 1.82) is 0 Å². The number of Topliss-reactive ketones (excluding diaryl/α,β-unsaturated/α-hetero) is 1. The molecule has 1 N–H and O–H groups in total. The summed E-state index contributed by atoms with van der Waals surface area (Å²) in [5.74, 6) is 0.856. The predicted octanol–water partition coefficient (Wildman–Crippen LogP) is 1.91. The Morgan fingerprint density at radius 1 is 1.46 bits per heavy atom. The molecule has 13 heavy (non-hydrogen) atoms. The van der Waals surface area contributed by atoms with Gasteiger partial charge in [-0.25, -0.2) is 0 Å². The number of hydrogen-bond donors (Lipinski definition) is 1. The minimum absolute atomic E-state index is 0.237. The number of ketones is 1. The van der Waals surface area contributed by atoms with E-state index in [0.717, 1.165) is 18.4 Å². The SMILES string of the molecule is O=C(Cc1cccc(O)c1)C1CC1. The van der Waals surface area contributed by atoms with Crippen molar-refractivity contribution < 1.29 is 9.90 Å². The van der Waals surface area contributed by atoms with E-state index in [-0.39, 0.29) is 5.75 Å². The third-order valence-electron chi connectivity index (χ3n) is 2.32. The smallest absolute Gasteiger partial charge is 0.140 e. The second kappa shape index (κ2) is 3.21. The Bertz CT molecular complexity index is 327. The Morgan fingerprint density at radius 3 is 2.85 bits per heavy atom. The van der Waals surface area contributed by atoms with Crippen LogP contribution in [0.3, 0.4) is 0 Å². The van der Waals surface area contributed by atoms with Gasteiger partial charge >= 0.3 is 0 Å². The number of benzene rings is 1. The van der Waals surface area contributed by atoms with Crippen LogP contribution in [0.1, 0.15) is 18.4 Å². The highest BCUT2D eigenvalue weighted by Crippen LogP contribution is 2.31. The van der Waals surface area contributed by atoms with Crippen LogP contribution in [0.4, 0.5) is 0 Å². The highest BCUT2D eigenvalue weighted by Gasteiger charge is 2.28. The second-order valence-electron chi connectivity index (χ2n) is 3.59. The maximum absolute atomic E-state index is 11.4. The Hall–Kier alpha value is -1.31. The Balaban J connectivity index is 2.04. The standard InChI is InChI=1S/C11H12O2/c12-10-3-1-2-8(6-10)7-11(13)9-4-5-9/h1-3,6,9,12H,4-5,7H2. The topological polar surface area (TPSA) is 37.3 Å². The summed E-state index contributed by atoms with van der Waals surface area (Å²) in [5, 5.41) is 9.17. The molecule has 0 aromatic heterocycles. The van der Waals surface area contributed by atoms with Crippen LogP contribution in [0, 0.1) is 5.92 Å². The van der Waals surface area contributed by atoms with Gasteiger partial charge < -0.3 is 5.11 Å². The van der Waals surface area contributed by atoms with Crippen molar-refractivity contribution in [1.82, 2.24) is 0 Å². The third-order valence-corrected chi connectivity index (χ3v) is 2.32. The first kappa shape index (κ1) is 8.30. The molecule has 1 aliphatic carbocycles. The van der Waals surface area contributed by atoms with Gasteiger partial charge in [-0.05, 0) is 30.5 Å². The fourth-order valence-electron chi connectivity index (χ4n) is 1.42. The van der Waals surface area contributed by atoms with Crippen molar-refractivity contribution in [2.24, 2.45) is 5.92 Å². The first-order valence-corrected chi connectivity index (χ1v) is 4.56. The number of aromatic hydroxyl groups is 1. The molecule has 0 amide bonds. The van der Waals surface area contributed by atoms with Gasteiger partial charge in [0.05, 0.1) is 0 Å². The summed E-state index contributed by atoms with van der Waals surface area (Å²) in [6.45, 7) is 0. The van der Waals surface area contributed by atoms with Gasteiger partial charge in [0.25, 0.3) is 0 Å². The maximum Gasteiger partial charge on any atom is 0.140 e. The Morgan fingerprint density at radius 2 is 2.23 bits per heavy atom. The molecule has 68 valence electrons. The molecule has 0 heterocycles. The fourth-order valence-corrected chi connectivity index (χ4v) is 1.42. The van der Waals surface area contributed by atoms with Crippen molar-refractivity contribution in [2.45, 2.75) is 19.3 Å². The van der Waals surface area contributed by atoms with Gasteiger partial charge in [-0.15, -0.1) is 0 Å². The predicted molar refractivity (Wildman–Crippen MR) is 49.5 cm³/mol. The highest BCUT2D eigenvalue weighted by molar-refractivity contribution is 5.85. The van der Waals surface area contributed by atoms with Crippen LogP contribution in [0.15, 0.2) is 24.3 Å². The maximum atomic E-state index is 11.4. The van der Waals surface area contributed by atoms with E-state index in [2.05, 4.69) is 0 Å². The van der Waals surface area contributed by atoms with E-state index in [4.69, 9.17) is 5.11 Å². The lowest BCUT2D eigenvalue weighted by molar-refractivity contribution is -0.119. The zero-order valence-electron chi connectivity index (χ0n) is 7.36. The van der Waals surface area contributed by atoms with E-state index in [1.54, 1.807) is 18.2 Å². The van der Waals surface area contributed by atoms with Crippen molar-refractivity contribution in [2.75, 3.05) is 0 Å². The molecule has 2 nitrogen and oxygen atoms in total. The normalized spacial score (nSPS) is 15.7. The third kappa shape index (κ3) is 2.08. The molecule has 2 rings (SSSR count). The molecule has 0 unspecified atom stereocenters. The molecule has 0 aliphatic heterocycles. The minimum atomic E-state index is 0.237. The van der Waals surface area contributed by atoms with Crippen LogP contribution in [-0.2, 0) is 11.2 Å². The van der Waals surface area contributed by atoms with Gasteiger partial charge in [-0.2, -0.15) is 0 Å². The number of carbonyl (C=O) groups is 1. The molecule has 1 fully saturated rings. The lowest BCUT2D eigenvalue weighted by Crippen LogP contribution is -2.04. The molecule has 1 saturated carbocycles. The number of rotatable bonds is 3. The van der Waals surface area contributed by atoms with E-state index in [1.165, 1.54) is 0 Å². The van der Waals surface area contributed by atoms with Crippen LogP contribution in [0.5, 0.6) is 5.75 Å². The number of carbonyl (C=O) groups excluding carboxylic acids is 1. The van der Waals surface area contributed by atoms with Gasteiger partial charge in [0, 0.05) is 12.3 Å². The molecule has 0 atom stereocenters. The molecule has 0 bridgehead atoms. The van der Waals surface area contributed by atoms with Crippen molar-refractivity contribution in [3.05, 3.63) is 29.8 Å². The van der Waals surface area contributed by atoms with Crippen LogP contribution < -0.4 is 0 Å². The van der Waals surface area contributed by atoms with Crippen LogP contribution in [-0.4, -0.2) is 10.9 Å². The summed E-state index contributed by atoms with van der Waals surface area (Å²) in [6.07, 6.45) is 2.58. The van der Waals surface area contributed by atoms with Gasteiger partial charge in [0.1, 0.15) is 11.5 Å². The summed E-state index contributed by atoms with van der Waals surface area (Å²) in [5.41, 5.74) is 0.914. The van der Waals surface area contributed by atoms with Crippen LogP contribution in [0.2, 0.25) is 0 Å². The molecule has 0 saturated heterocycles. The fraction of sp³-hybridized carbons (Fsp3) is 0.364. The second-order valence-corrected chi connectivity index (χ2v) is 3.59. The Labute approximate surface area is 77.2 Å². The number of hydrogen-bond acceptors (Lipinski definition) is 2. The monoisotopic (exact) mass is 176 g/mol. The quantitative estimate of drug-likeness (QED) is 0.763. The molecule has 1 aromatic rings. The van der Waals surface area contributed by atoms with Crippen molar-refractivity contribution in [3.8, 4) is 5.75 Å². The Kier molecular flexibility index (Phi) is 2.05. The van der Waals surface area contributed by atoms with Crippen LogP contribution >= 0.6 is 0 Å². The molecule has 0 radical (unpaired) electrons. The van der Waals surface area contributed by atoms with E-state index in [9.17, 15) is 4.79 Å². The summed E-state index contributed by atoms with van der Waals surface area (Å²) in [6, 6.07) is 6.91. The summed E-state index contributed by atoms with van der Waals surface area (Å²) >= 11 is 0. The average Bonchev–Trinajstić information content (AvgIpc) is 2.85. The van der Waals surface area contributed by atoms with Gasteiger partial charge in [-0.3, -0.25) is 4.79 Å². The number of phenols is 1. The molecular weight excluding hydrogens is 164 g/mol. The summed E-state index contributed by atoms with van der Waals surface area (Å²) < 4.78 is 0. The van der Waals surface area contributed by atoms with Gasteiger partial charge in [-0.1, -0.05) is 12.1 Å². The minimum Gasteiger partial charge on any atom is -0.508 e. The molecule has 1 aromatic carbocycles. The lowest BCUT2D eigenvalue weighted by Gasteiger charge is -1.99. The van der Waals surface area contributed by atoms with Crippen molar-refractivity contribution in [3.63, 3.8) is 0 Å². The largest absolute Gasteiger partial charge is 0.508 e. The molecule has 1 aliphatic rings. The molecule has 2 heteroatoms. The van der Waals surface area contributed by atoms with E-state index in [0.29, 0.717) is 18.1 Å². The zero-order chi connectivity index (χ0) is 9.26. The summed E-state index contributed by atoms with van der Waals surface area (Å²) in [4.78, 5) is 11.4. The average molecular weight is 176 g/mol. The van der Waals surface area contributed by atoms with Crippen LogP contribution in [0.25, 0.3) is 0 Å². The molecular formula is C11H12O2. The van der Waals surface area contributed by atoms with E-state index < -0.39 is 0 Å². The lowest BCUT2D eigenvalue weighted by atomic mass is 10.1. The van der Waals surface area contributed by atoms with E-state index >= 15 is 0 Å². The highest BCUT2D eigenvalue weighted by atomic mass is 16.3. The first-order chi connectivity index (χ1) is 6.25. The zero-order valence-corrected chi connectivity index (χ0v) is 7.36. The summed E-state index contributed by atoms with van der Waals surface area (Å²) in [7, 11) is 0.